The number of halogens is 3. The predicted molar refractivity (Wildman–Crippen MR) is 145 cm³/mol. The first-order chi connectivity index (χ1) is 18.4. The maximum Gasteiger partial charge on any atom is 0.247 e. The van der Waals surface area contributed by atoms with Gasteiger partial charge in [-0.15, -0.1) is 0 Å². The van der Waals surface area contributed by atoms with Gasteiger partial charge in [-0.25, -0.2) is 8.78 Å². The molecular weight excluding hydrogens is 510 g/mol. The van der Waals surface area contributed by atoms with Gasteiger partial charge >= 0.3 is 0 Å². The zero-order valence-corrected chi connectivity index (χ0v) is 20.8. The number of fused-ring (bicyclic) bond motifs is 1. The van der Waals surface area contributed by atoms with Crippen molar-refractivity contribution in [2.45, 2.75) is 6.61 Å². The summed E-state index contributed by atoms with van der Waals surface area (Å²) >= 11 is 5.82. The first kappa shape index (κ1) is 25.0. The van der Waals surface area contributed by atoms with Gasteiger partial charge in [0.1, 0.15) is 18.2 Å². The molecule has 190 valence electrons. The summed E-state index contributed by atoms with van der Waals surface area (Å²) in [7, 11) is 0. The molecule has 0 saturated heterocycles. The summed E-state index contributed by atoms with van der Waals surface area (Å²) in [6.45, 7) is 7.55. The van der Waals surface area contributed by atoms with Crippen LogP contribution < -0.4 is 19.9 Å². The Labute approximate surface area is 223 Å². The van der Waals surface area contributed by atoms with Crippen molar-refractivity contribution in [3.05, 3.63) is 126 Å². The normalized spacial score (nSPS) is 12.3. The van der Waals surface area contributed by atoms with Crippen LogP contribution in [0.3, 0.4) is 0 Å². The highest BCUT2D eigenvalue weighted by Crippen LogP contribution is 2.49. The van der Waals surface area contributed by atoms with Gasteiger partial charge in [-0.3, -0.25) is 19.6 Å². The highest BCUT2D eigenvalue weighted by molar-refractivity contribution is 6.30. The lowest BCUT2D eigenvalue weighted by Gasteiger charge is -2.25. The molecule has 9 heteroatoms. The van der Waals surface area contributed by atoms with Crippen LogP contribution in [-0.2, 0) is 11.4 Å². The number of nitrogens with one attached hydrogen (secondary N) is 1. The third-order valence-electron chi connectivity index (χ3n) is 5.92. The van der Waals surface area contributed by atoms with Gasteiger partial charge in [0, 0.05) is 29.2 Å². The smallest absolute Gasteiger partial charge is 0.247 e. The number of hydrogen-bond donors (Lipinski definition) is 1. The summed E-state index contributed by atoms with van der Waals surface area (Å²) in [4.78, 5) is 19.7. The molecule has 1 N–H and O–H groups in total. The second kappa shape index (κ2) is 10.4. The van der Waals surface area contributed by atoms with Crippen molar-refractivity contribution in [1.82, 2.24) is 4.98 Å². The van der Waals surface area contributed by atoms with Crippen LogP contribution in [0, 0.1) is 11.6 Å². The van der Waals surface area contributed by atoms with Crippen molar-refractivity contribution in [2.75, 3.05) is 15.1 Å². The van der Waals surface area contributed by atoms with Crippen LogP contribution in [0.4, 0.5) is 37.2 Å². The number of anilines is 5. The van der Waals surface area contributed by atoms with Crippen molar-refractivity contribution in [2.24, 2.45) is 0 Å². The first-order valence-corrected chi connectivity index (χ1v) is 11.9. The first-order valence-electron chi connectivity index (χ1n) is 11.5. The lowest BCUT2D eigenvalue weighted by atomic mass is 10.2. The third-order valence-corrected chi connectivity index (χ3v) is 6.21. The second-order valence-electron chi connectivity index (χ2n) is 8.31. The predicted octanol–water partition coefficient (Wildman–Crippen LogP) is 7.48. The molecule has 0 unspecified atom stereocenters. The van der Waals surface area contributed by atoms with Gasteiger partial charge in [-0.05, 0) is 48.5 Å². The molecule has 0 bridgehead atoms. The fourth-order valence-corrected chi connectivity index (χ4v) is 4.37. The lowest BCUT2D eigenvalue weighted by molar-refractivity contribution is -0.111. The average molecular weight is 531 g/mol. The Hall–Kier alpha value is -4.69. The summed E-state index contributed by atoms with van der Waals surface area (Å²) in [6, 6.07) is 18.1. The fourth-order valence-electron chi connectivity index (χ4n) is 4.17. The summed E-state index contributed by atoms with van der Waals surface area (Å²) < 4.78 is 34.9. The molecule has 2 heterocycles. The van der Waals surface area contributed by atoms with Crippen molar-refractivity contribution in [3.63, 3.8) is 0 Å². The Morgan fingerprint density at radius 3 is 2.58 bits per heavy atom. The number of ether oxygens (including phenoxy) is 1. The van der Waals surface area contributed by atoms with Crippen LogP contribution in [0.5, 0.6) is 5.75 Å². The summed E-state index contributed by atoms with van der Waals surface area (Å²) in [6.07, 6.45) is 4.50. The summed E-state index contributed by atoms with van der Waals surface area (Å²) in [5.74, 6) is -1.07. The van der Waals surface area contributed by atoms with Crippen molar-refractivity contribution in [1.29, 1.82) is 0 Å². The molecule has 6 nitrogen and oxygen atoms in total. The van der Waals surface area contributed by atoms with Crippen molar-refractivity contribution >= 4 is 45.9 Å². The number of pyridine rings is 1. The number of carbonyl (C=O) groups is 1. The highest BCUT2D eigenvalue weighted by atomic mass is 35.5. The van der Waals surface area contributed by atoms with Crippen molar-refractivity contribution < 1.29 is 18.3 Å². The molecule has 3 aromatic carbocycles. The minimum Gasteiger partial charge on any atom is -0.486 e. The molecule has 1 amide bonds. The van der Waals surface area contributed by atoms with E-state index in [1.165, 1.54) is 30.3 Å². The number of carbonyl (C=O) groups excluding carboxylic acids is 1. The SMILES string of the molecule is C=CC(=O)Nc1cccc(N2C(=C)N(c3ccc(OCc4cccc(Cl)c4F)c(F)c3)c3cnccc32)c1. The van der Waals surface area contributed by atoms with E-state index in [1.807, 2.05) is 17.0 Å². The van der Waals surface area contributed by atoms with Crippen LogP contribution in [0.1, 0.15) is 5.56 Å². The Bertz CT molecular complexity index is 1580. The number of benzene rings is 3. The van der Waals surface area contributed by atoms with E-state index in [4.69, 9.17) is 16.3 Å². The van der Waals surface area contributed by atoms with E-state index in [2.05, 4.69) is 23.5 Å². The van der Waals surface area contributed by atoms with Crippen LogP contribution in [0.2, 0.25) is 5.02 Å². The standard InChI is InChI=1S/C29H21ClF2N4O2/c1-3-28(37)34-20-7-5-8-21(14-20)35-18(2)36(26-16-33-13-12-25(26)35)22-10-11-27(24(31)15-22)38-17-19-6-4-9-23(30)29(19)32/h3-16H,1-2,17H2,(H,34,37). The third kappa shape index (κ3) is 4.69. The average Bonchev–Trinajstić information content (AvgIpc) is 3.21. The number of hydrogen-bond acceptors (Lipinski definition) is 5. The van der Waals surface area contributed by atoms with Gasteiger partial charge in [-0.2, -0.15) is 0 Å². The van der Waals surface area contributed by atoms with E-state index in [9.17, 15) is 9.18 Å². The lowest BCUT2D eigenvalue weighted by Crippen LogP contribution is -2.20. The van der Waals surface area contributed by atoms with Gasteiger partial charge in [0.2, 0.25) is 5.91 Å². The van der Waals surface area contributed by atoms with Gasteiger partial charge in [-0.1, -0.05) is 43.0 Å². The van der Waals surface area contributed by atoms with Crippen LogP contribution in [-0.4, -0.2) is 10.9 Å². The van der Waals surface area contributed by atoms with Gasteiger partial charge in [0.05, 0.1) is 28.3 Å². The van der Waals surface area contributed by atoms with E-state index < -0.39 is 11.6 Å². The maximum atomic E-state index is 15.1. The Balaban J connectivity index is 1.43. The largest absolute Gasteiger partial charge is 0.486 e. The second-order valence-corrected chi connectivity index (χ2v) is 8.72. The van der Waals surface area contributed by atoms with Crippen LogP contribution in [0.15, 0.2) is 104 Å². The molecule has 4 aromatic rings. The molecule has 0 spiro atoms. The maximum absolute atomic E-state index is 15.1. The van der Waals surface area contributed by atoms with Crippen molar-refractivity contribution in [3.8, 4) is 5.75 Å². The Morgan fingerprint density at radius 2 is 1.79 bits per heavy atom. The molecular formula is C29H21ClF2N4O2. The van der Waals surface area contributed by atoms with E-state index in [1.54, 1.807) is 47.6 Å². The Kier molecular flexibility index (Phi) is 6.81. The van der Waals surface area contributed by atoms with E-state index in [0.717, 1.165) is 11.4 Å². The van der Waals surface area contributed by atoms with Crippen LogP contribution >= 0.6 is 11.6 Å². The molecule has 1 aliphatic rings. The monoisotopic (exact) mass is 530 g/mol. The number of nitrogens with zero attached hydrogens (tertiary/aromatic N) is 3. The van der Waals surface area contributed by atoms with Crippen LogP contribution in [0.25, 0.3) is 0 Å². The quantitative estimate of drug-likeness (QED) is 0.251. The van der Waals surface area contributed by atoms with E-state index >= 15 is 4.39 Å². The fraction of sp³-hybridized carbons (Fsp3) is 0.0345. The van der Waals surface area contributed by atoms with Gasteiger partial charge in [0.25, 0.3) is 0 Å². The zero-order valence-electron chi connectivity index (χ0n) is 20.0. The van der Waals surface area contributed by atoms with Gasteiger partial charge < -0.3 is 10.1 Å². The minimum atomic E-state index is -0.629. The van der Waals surface area contributed by atoms with Gasteiger partial charge in [0.15, 0.2) is 11.6 Å². The molecule has 38 heavy (non-hydrogen) atoms. The molecule has 0 saturated carbocycles. The number of amides is 1. The zero-order chi connectivity index (χ0) is 26.8. The number of aromatic nitrogens is 1. The Morgan fingerprint density at radius 1 is 1.03 bits per heavy atom. The topological polar surface area (TPSA) is 57.7 Å². The molecule has 0 radical (unpaired) electrons. The van der Waals surface area contributed by atoms with E-state index in [-0.39, 0.29) is 28.8 Å². The molecule has 0 fully saturated rings. The molecule has 5 rings (SSSR count). The summed E-state index contributed by atoms with van der Waals surface area (Å²) in [5.41, 5.74) is 3.48. The highest BCUT2D eigenvalue weighted by Gasteiger charge is 2.33. The molecule has 1 aromatic heterocycles. The number of rotatable bonds is 7. The summed E-state index contributed by atoms with van der Waals surface area (Å²) in [5, 5.41) is 2.72. The molecule has 1 aliphatic heterocycles. The van der Waals surface area contributed by atoms with E-state index in [0.29, 0.717) is 22.9 Å². The minimum absolute atomic E-state index is 0.0279. The molecule has 0 aliphatic carbocycles. The molecule has 0 atom stereocenters.